The van der Waals surface area contributed by atoms with Crippen molar-refractivity contribution in [2.24, 2.45) is 11.8 Å². The normalized spacial score (nSPS) is 24.7. The number of para-hydroxylation sites is 1. The highest BCUT2D eigenvalue weighted by Gasteiger charge is 2.48. The number of carbonyl (C=O) groups is 2. The van der Waals surface area contributed by atoms with Gasteiger partial charge in [-0.1, -0.05) is 18.2 Å². The van der Waals surface area contributed by atoms with E-state index in [1.807, 2.05) is 12.1 Å². The Balaban J connectivity index is 2.10. The van der Waals surface area contributed by atoms with Crippen molar-refractivity contribution in [2.45, 2.75) is 5.92 Å². The molecular formula is C17H18O6. The van der Waals surface area contributed by atoms with Crippen LogP contribution < -0.4 is 9.47 Å². The average molecular weight is 318 g/mol. The SMILES string of the molecule is COC(=O)C1=C[C@H](C(=O)OC)[C@H]2COc3c(OC)cccc3[C@@H]12. The second-order valence-electron chi connectivity index (χ2n) is 5.49. The first-order valence-electron chi connectivity index (χ1n) is 7.30. The van der Waals surface area contributed by atoms with Gasteiger partial charge in [-0.15, -0.1) is 0 Å². The topological polar surface area (TPSA) is 71.1 Å². The van der Waals surface area contributed by atoms with Crippen molar-refractivity contribution in [3.8, 4) is 11.5 Å². The van der Waals surface area contributed by atoms with Crippen LogP contribution in [0.2, 0.25) is 0 Å². The standard InChI is InChI=1S/C17H18O6/c1-20-13-6-4-5-9-14-11(17(19)22-3)7-10(16(18)21-2)12(14)8-23-15(9)13/h4-7,10,12,14H,8H2,1-3H3/t10-,12+,14-/m0/s1. The summed E-state index contributed by atoms with van der Waals surface area (Å²) < 4.78 is 20.9. The summed E-state index contributed by atoms with van der Waals surface area (Å²) in [5, 5.41) is 0. The van der Waals surface area contributed by atoms with Crippen LogP contribution in [-0.2, 0) is 19.1 Å². The van der Waals surface area contributed by atoms with E-state index in [1.54, 1.807) is 19.3 Å². The molecule has 1 heterocycles. The third-order valence-corrected chi connectivity index (χ3v) is 4.46. The molecule has 0 fully saturated rings. The van der Waals surface area contributed by atoms with Crippen LogP contribution in [0.4, 0.5) is 0 Å². The second kappa shape index (κ2) is 5.95. The van der Waals surface area contributed by atoms with E-state index in [9.17, 15) is 9.59 Å². The molecule has 0 aromatic heterocycles. The Bertz CT molecular complexity index is 678. The molecule has 1 aliphatic heterocycles. The van der Waals surface area contributed by atoms with E-state index in [4.69, 9.17) is 18.9 Å². The van der Waals surface area contributed by atoms with Gasteiger partial charge in [0.05, 0.1) is 33.9 Å². The van der Waals surface area contributed by atoms with Gasteiger partial charge in [0.2, 0.25) is 0 Å². The molecule has 0 saturated heterocycles. The van der Waals surface area contributed by atoms with Crippen molar-refractivity contribution in [3.63, 3.8) is 0 Å². The van der Waals surface area contributed by atoms with E-state index in [0.29, 0.717) is 23.7 Å². The Labute approximate surface area is 134 Å². The Kier molecular flexibility index (Phi) is 3.98. The van der Waals surface area contributed by atoms with Gasteiger partial charge in [-0.2, -0.15) is 0 Å². The third-order valence-electron chi connectivity index (χ3n) is 4.46. The summed E-state index contributed by atoms with van der Waals surface area (Å²) in [5.41, 5.74) is 1.29. The number of methoxy groups -OCH3 is 3. The zero-order valence-corrected chi connectivity index (χ0v) is 13.2. The fourth-order valence-electron chi connectivity index (χ4n) is 3.42. The molecule has 3 atom stereocenters. The summed E-state index contributed by atoms with van der Waals surface area (Å²) in [4.78, 5) is 24.2. The zero-order valence-electron chi connectivity index (χ0n) is 13.2. The maximum Gasteiger partial charge on any atom is 0.334 e. The quantitative estimate of drug-likeness (QED) is 0.790. The molecule has 6 nitrogen and oxygen atoms in total. The lowest BCUT2D eigenvalue weighted by Gasteiger charge is -2.32. The summed E-state index contributed by atoms with van der Waals surface area (Å²) in [6.07, 6.45) is 1.64. The third kappa shape index (κ3) is 2.34. The first-order chi connectivity index (χ1) is 11.1. The van der Waals surface area contributed by atoms with Crippen LogP contribution in [0.5, 0.6) is 11.5 Å². The van der Waals surface area contributed by atoms with Gasteiger partial charge in [0.25, 0.3) is 0 Å². The summed E-state index contributed by atoms with van der Waals surface area (Å²) in [7, 11) is 4.23. The number of benzene rings is 1. The average Bonchev–Trinajstić information content (AvgIpc) is 2.99. The maximum atomic E-state index is 12.2. The predicted octanol–water partition coefficient (Wildman–Crippen LogP) is 1.69. The molecule has 0 spiro atoms. The molecule has 1 aromatic carbocycles. The first kappa shape index (κ1) is 15.4. The van der Waals surface area contributed by atoms with Gasteiger partial charge in [0.1, 0.15) is 0 Å². The highest BCUT2D eigenvalue weighted by Crippen LogP contribution is 2.52. The number of hydrogen-bond donors (Lipinski definition) is 0. The van der Waals surface area contributed by atoms with Gasteiger partial charge >= 0.3 is 11.9 Å². The molecule has 23 heavy (non-hydrogen) atoms. The van der Waals surface area contributed by atoms with Crippen molar-refractivity contribution in [3.05, 3.63) is 35.4 Å². The Hall–Kier alpha value is -2.50. The molecule has 0 unspecified atom stereocenters. The fraction of sp³-hybridized carbons (Fsp3) is 0.412. The number of rotatable bonds is 3. The minimum Gasteiger partial charge on any atom is -0.493 e. The highest BCUT2D eigenvalue weighted by atomic mass is 16.5. The van der Waals surface area contributed by atoms with E-state index in [0.717, 1.165) is 5.56 Å². The van der Waals surface area contributed by atoms with Crippen molar-refractivity contribution in [2.75, 3.05) is 27.9 Å². The lowest BCUT2D eigenvalue weighted by Crippen LogP contribution is -2.33. The number of hydrogen-bond acceptors (Lipinski definition) is 6. The molecule has 0 saturated carbocycles. The number of ether oxygens (including phenoxy) is 4. The van der Waals surface area contributed by atoms with Gasteiger partial charge in [-0.05, 0) is 6.07 Å². The smallest absolute Gasteiger partial charge is 0.334 e. The lowest BCUT2D eigenvalue weighted by atomic mass is 9.79. The molecule has 2 aliphatic rings. The molecular weight excluding hydrogens is 300 g/mol. The molecule has 1 aromatic rings. The van der Waals surface area contributed by atoms with Crippen LogP contribution in [0.1, 0.15) is 11.5 Å². The molecule has 0 N–H and O–H groups in total. The van der Waals surface area contributed by atoms with Crippen molar-refractivity contribution in [1.29, 1.82) is 0 Å². The minimum atomic E-state index is -0.529. The van der Waals surface area contributed by atoms with Gasteiger partial charge in [-0.25, -0.2) is 4.79 Å². The molecule has 0 radical (unpaired) electrons. The van der Waals surface area contributed by atoms with E-state index in [2.05, 4.69) is 0 Å². The summed E-state index contributed by atoms with van der Waals surface area (Å²) in [6.45, 7) is 0.300. The van der Waals surface area contributed by atoms with Gasteiger partial charge < -0.3 is 18.9 Å². The number of fused-ring (bicyclic) bond motifs is 3. The van der Waals surface area contributed by atoms with Crippen LogP contribution in [-0.4, -0.2) is 39.9 Å². The van der Waals surface area contributed by atoms with E-state index < -0.39 is 11.9 Å². The Morgan fingerprint density at radius 2 is 1.96 bits per heavy atom. The predicted molar refractivity (Wildman–Crippen MR) is 80.3 cm³/mol. The molecule has 0 amide bonds. The fourth-order valence-corrected chi connectivity index (χ4v) is 3.42. The van der Waals surface area contributed by atoms with Crippen molar-refractivity contribution in [1.82, 2.24) is 0 Å². The second-order valence-corrected chi connectivity index (χ2v) is 5.49. The van der Waals surface area contributed by atoms with Crippen LogP contribution in [0.15, 0.2) is 29.8 Å². The van der Waals surface area contributed by atoms with Crippen LogP contribution in [0.3, 0.4) is 0 Å². The van der Waals surface area contributed by atoms with Crippen LogP contribution >= 0.6 is 0 Å². The van der Waals surface area contributed by atoms with Crippen molar-refractivity contribution >= 4 is 11.9 Å². The number of esters is 2. The van der Waals surface area contributed by atoms with E-state index in [1.165, 1.54) is 14.2 Å². The van der Waals surface area contributed by atoms with Crippen LogP contribution in [0, 0.1) is 11.8 Å². The lowest BCUT2D eigenvalue weighted by molar-refractivity contribution is -0.145. The summed E-state index contributed by atoms with van der Waals surface area (Å²) in [6, 6.07) is 5.52. The maximum absolute atomic E-state index is 12.2. The Morgan fingerprint density at radius 1 is 1.17 bits per heavy atom. The van der Waals surface area contributed by atoms with Crippen LogP contribution in [0.25, 0.3) is 0 Å². The minimum absolute atomic E-state index is 0.198. The summed E-state index contributed by atoms with van der Waals surface area (Å²) >= 11 is 0. The van der Waals surface area contributed by atoms with Gasteiger partial charge in [0.15, 0.2) is 11.5 Å². The summed E-state index contributed by atoms with van der Waals surface area (Å²) in [5.74, 6) is -0.612. The van der Waals surface area contributed by atoms with Crippen molar-refractivity contribution < 1.29 is 28.5 Å². The molecule has 0 bridgehead atoms. The Morgan fingerprint density at radius 3 is 2.61 bits per heavy atom. The molecule has 6 heteroatoms. The first-order valence-corrected chi connectivity index (χ1v) is 7.30. The van der Waals surface area contributed by atoms with E-state index >= 15 is 0 Å². The highest BCUT2D eigenvalue weighted by molar-refractivity contribution is 5.93. The zero-order chi connectivity index (χ0) is 16.6. The molecule has 122 valence electrons. The largest absolute Gasteiger partial charge is 0.493 e. The van der Waals surface area contributed by atoms with E-state index in [-0.39, 0.29) is 17.8 Å². The van der Waals surface area contributed by atoms with Gasteiger partial charge in [0, 0.05) is 23.0 Å². The molecule has 3 rings (SSSR count). The monoisotopic (exact) mass is 318 g/mol. The molecule has 1 aliphatic carbocycles. The van der Waals surface area contributed by atoms with Gasteiger partial charge in [-0.3, -0.25) is 4.79 Å². The number of carbonyl (C=O) groups excluding carboxylic acids is 2.